The molecule has 0 spiro atoms. The SMILES string of the molecule is Cc1cc2c(c(C)c1C)CC(c1ccc(C3=Nc4c(cc(C(C)C)c(C)c4C)C3)cc1)=N2. The van der Waals surface area contributed by atoms with Crippen molar-refractivity contribution in [1.29, 1.82) is 0 Å². The Labute approximate surface area is 192 Å². The van der Waals surface area contributed by atoms with Crippen LogP contribution < -0.4 is 0 Å². The van der Waals surface area contributed by atoms with E-state index in [9.17, 15) is 0 Å². The third-order valence-electron chi connectivity index (χ3n) is 7.63. The Balaban J connectivity index is 1.42. The Bertz CT molecular complexity index is 1320. The molecule has 2 heteroatoms. The smallest absolute Gasteiger partial charge is 0.0701 e. The lowest BCUT2D eigenvalue weighted by atomic mass is 9.90. The number of hydrogen-bond acceptors (Lipinski definition) is 2. The van der Waals surface area contributed by atoms with Gasteiger partial charge >= 0.3 is 0 Å². The quantitative estimate of drug-likeness (QED) is 0.414. The van der Waals surface area contributed by atoms with Crippen molar-refractivity contribution in [3.63, 3.8) is 0 Å². The second-order valence-electron chi connectivity index (χ2n) is 9.87. The van der Waals surface area contributed by atoms with Gasteiger partial charge in [-0.2, -0.15) is 0 Å². The van der Waals surface area contributed by atoms with Crippen molar-refractivity contribution in [2.45, 2.75) is 67.2 Å². The molecule has 2 aliphatic rings. The van der Waals surface area contributed by atoms with Crippen LogP contribution in [0.5, 0.6) is 0 Å². The molecule has 0 bridgehead atoms. The lowest BCUT2D eigenvalue weighted by molar-refractivity contribution is 0.851. The van der Waals surface area contributed by atoms with E-state index in [4.69, 9.17) is 9.98 Å². The molecular weight excluding hydrogens is 388 g/mol. The molecule has 2 nitrogen and oxygen atoms in total. The third kappa shape index (κ3) is 3.24. The lowest BCUT2D eigenvalue weighted by Crippen LogP contribution is -2.04. The van der Waals surface area contributed by atoms with Gasteiger partial charge in [0, 0.05) is 12.8 Å². The number of nitrogens with zero attached hydrogens (tertiary/aromatic N) is 2. The molecule has 0 unspecified atom stereocenters. The number of benzene rings is 3. The van der Waals surface area contributed by atoms with Crippen LogP contribution in [0, 0.1) is 34.6 Å². The summed E-state index contributed by atoms with van der Waals surface area (Å²) in [6.45, 7) is 15.6. The molecule has 0 atom stereocenters. The average Bonchev–Trinajstić information content (AvgIpc) is 3.39. The topological polar surface area (TPSA) is 24.7 Å². The molecule has 5 rings (SSSR count). The molecule has 0 saturated heterocycles. The van der Waals surface area contributed by atoms with Crippen LogP contribution in [-0.4, -0.2) is 11.4 Å². The maximum Gasteiger partial charge on any atom is 0.0701 e. The van der Waals surface area contributed by atoms with Crippen molar-refractivity contribution >= 4 is 22.8 Å². The van der Waals surface area contributed by atoms with Crippen LogP contribution in [0.15, 0.2) is 46.4 Å². The van der Waals surface area contributed by atoms with E-state index in [-0.39, 0.29) is 0 Å². The number of aliphatic imine (C=N–C) groups is 2. The molecule has 3 aromatic rings. The molecule has 0 aliphatic carbocycles. The van der Waals surface area contributed by atoms with Gasteiger partial charge in [0.25, 0.3) is 0 Å². The summed E-state index contributed by atoms with van der Waals surface area (Å²) >= 11 is 0. The molecule has 162 valence electrons. The summed E-state index contributed by atoms with van der Waals surface area (Å²) in [6, 6.07) is 13.5. The van der Waals surface area contributed by atoms with Crippen molar-refractivity contribution < 1.29 is 0 Å². The summed E-state index contributed by atoms with van der Waals surface area (Å²) < 4.78 is 0. The number of hydrogen-bond donors (Lipinski definition) is 0. The first-order chi connectivity index (χ1) is 15.2. The number of fused-ring (bicyclic) bond motifs is 2. The maximum atomic E-state index is 5.06. The summed E-state index contributed by atoms with van der Waals surface area (Å²) in [5.41, 5.74) is 18.1. The van der Waals surface area contributed by atoms with E-state index in [1.807, 2.05) is 0 Å². The number of rotatable bonds is 3. The monoisotopic (exact) mass is 420 g/mol. The molecule has 32 heavy (non-hydrogen) atoms. The predicted octanol–water partition coefficient (Wildman–Crippen LogP) is 7.71. The highest BCUT2D eigenvalue weighted by Gasteiger charge is 2.23. The first-order valence-electron chi connectivity index (χ1n) is 11.7. The Morgan fingerprint density at radius 3 is 1.94 bits per heavy atom. The van der Waals surface area contributed by atoms with Crippen LogP contribution >= 0.6 is 0 Å². The molecule has 0 N–H and O–H groups in total. The van der Waals surface area contributed by atoms with Crippen molar-refractivity contribution in [3.8, 4) is 0 Å². The minimum atomic E-state index is 0.537. The molecule has 0 fully saturated rings. The Hall–Kier alpha value is -3.00. The molecule has 2 aliphatic heterocycles. The summed E-state index contributed by atoms with van der Waals surface area (Å²) in [5, 5.41) is 0. The van der Waals surface area contributed by atoms with Gasteiger partial charge in [0.15, 0.2) is 0 Å². The van der Waals surface area contributed by atoms with E-state index in [0.29, 0.717) is 5.92 Å². The van der Waals surface area contributed by atoms with Crippen molar-refractivity contribution in [1.82, 2.24) is 0 Å². The predicted molar refractivity (Wildman–Crippen MR) is 137 cm³/mol. The Morgan fingerprint density at radius 1 is 0.688 bits per heavy atom. The molecule has 0 aromatic heterocycles. The van der Waals surface area contributed by atoms with Gasteiger partial charge in [-0.15, -0.1) is 0 Å². The minimum Gasteiger partial charge on any atom is -0.252 e. The summed E-state index contributed by atoms with van der Waals surface area (Å²) in [4.78, 5) is 10.0. The van der Waals surface area contributed by atoms with Crippen molar-refractivity contribution in [3.05, 3.63) is 92.0 Å². The largest absolute Gasteiger partial charge is 0.252 e. The van der Waals surface area contributed by atoms with Gasteiger partial charge in [0.05, 0.1) is 22.8 Å². The van der Waals surface area contributed by atoms with Crippen LogP contribution in [0.3, 0.4) is 0 Å². The van der Waals surface area contributed by atoms with Gasteiger partial charge in [-0.1, -0.05) is 44.2 Å². The van der Waals surface area contributed by atoms with Crippen LogP contribution in [0.25, 0.3) is 0 Å². The average molecular weight is 421 g/mol. The molecular formula is C30H32N2. The second kappa shape index (κ2) is 7.55. The fraction of sp³-hybridized carbons (Fsp3) is 0.333. The summed E-state index contributed by atoms with van der Waals surface area (Å²) in [5.74, 6) is 0.537. The van der Waals surface area contributed by atoms with Gasteiger partial charge in [0.2, 0.25) is 0 Å². The van der Waals surface area contributed by atoms with E-state index in [2.05, 4.69) is 84.9 Å². The van der Waals surface area contributed by atoms with Crippen molar-refractivity contribution in [2.75, 3.05) is 0 Å². The zero-order chi connectivity index (χ0) is 22.7. The Kier molecular flexibility index (Phi) is 4.93. The Morgan fingerprint density at radius 2 is 1.31 bits per heavy atom. The van der Waals surface area contributed by atoms with Gasteiger partial charge in [-0.25, -0.2) is 0 Å². The first kappa shape index (κ1) is 20.9. The first-order valence-corrected chi connectivity index (χ1v) is 11.7. The van der Waals surface area contributed by atoms with Crippen LogP contribution in [0.1, 0.15) is 75.4 Å². The minimum absolute atomic E-state index is 0.537. The summed E-state index contributed by atoms with van der Waals surface area (Å²) in [6.07, 6.45) is 1.84. The molecule has 0 radical (unpaired) electrons. The number of aryl methyl sites for hydroxylation is 1. The van der Waals surface area contributed by atoms with Crippen LogP contribution in [0.2, 0.25) is 0 Å². The van der Waals surface area contributed by atoms with Gasteiger partial charge in [-0.05, 0) is 102 Å². The third-order valence-corrected chi connectivity index (χ3v) is 7.63. The maximum absolute atomic E-state index is 5.06. The fourth-order valence-electron chi connectivity index (χ4n) is 5.22. The highest BCUT2D eigenvalue weighted by Crippen LogP contribution is 2.38. The standard InChI is InChI=1S/C30H32N2/c1-16(2)25-13-24-14-27(32-30(24)21(7)20(25)6)22-8-10-23(11-9-22)28-15-26-19(5)18(4)17(3)12-29(26)31-28/h8-13,16H,14-15H2,1-7H3. The zero-order valence-corrected chi connectivity index (χ0v) is 20.4. The van der Waals surface area contributed by atoms with E-state index in [1.54, 1.807) is 0 Å². The molecule has 0 saturated carbocycles. The van der Waals surface area contributed by atoms with E-state index in [0.717, 1.165) is 18.5 Å². The van der Waals surface area contributed by atoms with E-state index in [1.165, 1.54) is 72.7 Å². The molecule has 3 aromatic carbocycles. The fourth-order valence-corrected chi connectivity index (χ4v) is 5.22. The summed E-state index contributed by atoms with van der Waals surface area (Å²) in [7, 11) is 0. The highest BCUT2D eigenvalue weighted by atomic mass is 14.8. The van der Waals surface area contributed by atoms with E-state index >= 15 is 0 Å². The van der Waals surface area contributed by atoms with E-state index < -0.39 is 0 Å². The zero-order valence-electron chi connectivity index (χ0n) is 20.4. The lowest BCUT2D eigenvalue weighted by Gasteiger charge is -2.15. The van der Waals surface area contributed by atoms with Gasteiger partial charge < -0.3 is 0 Å². The molecule has 0 amide bonds. The second-order valence-corrected chi connectivity index (χ2v) is 9.87. The van der Waals surface area contributed by atoms with Crippen molar-refractivity contribution in [2.24, 2.45) is 9.98 Å². The van der Waals surface area contributed by atoms with Gasteiger partial charge in [0.1, 0.15) is 0 Å². The normalized spacial score (nSPS) is 14.5. The van der Waals surface area contributed by atoms with Crippen LogP contribution in [-0.2, 0) is 12.8 Å². The van der Waals surface area contributed by atoms with Crippen LogP contribution in [0.4, 0.5) is 11.4 Å². The highest BCUT2D eigenvalue weighted by molar-refractivity contribution is 6.09. The molecule has 2 heterocycles. The van der Waals surface area contributed by atoms with Gasteiger partial charge in [-0.3, -0.25) is 9.98 Å².